The first kappa shape index (κ1) is 8.54. The summed E-state index contributed by atoms with van der Waals surface area (Å²) in [6.45, 7) is 6.43. The molecule has 0 radical (unpaired) electrons. The van der Waals surface area contributed by atoms with Gasteiger partial charge in [0.1, 0.15) is 5.84 Å². The van der Waals surface area contributed by atoms with Gasteiger partial charge in [-0.25, -0.2) is 0 Å². The molecule has 0 amide bonds. The summed E-state index contributed by atoms with van der Waals surface area (Å²) in [5, 5.41) is 0. The zero-order valence-electron chi connectivity index (χ0n) is 8.41. The maximum Gasteiger partial charge on any atom is 0.101 e. The number of aliphatic imine (C=N–C) groups is 1. The van der Waals surface area contributed by atoms with Crippen LogP contribution >= 0.6 is 0 Å². The minimum atomic E-state index is 0.0262. The van der Waals surface area contributed by atoms with Gasteiger partial charge in [-0.3, -0.25) is 4.99 Å². The first-order valence-electron chi connectivity index (χ1n) is 4.72. The predicted molar refractivity (Wildman–Crippen MR) is 55.6 cm³/mol. The fourth-order valence-electron chi connectivity index (χ4n) is 2.08. The van der Waals surface area contributed by atoms with Gasteiger partial charge in [-0.1, -0.05) is 37.6 Å². The third-order valence-electron chi connectivity index (χ3n) is 3.15. The van der Waals surface area contributed by atoms with Crippen LogP contribution in [0.3, 0.4) is 0 Å². The minimum Gasteiger partial charge on any atom is -0.387 e. The number of allylic oxidation sites excluding steroid dienone is 2. The van der Waals surface area contributed by atoms with E-state index in [-0.39, 0.29) is 11.5 Å². The SMILES string of the molecule is CC1=CC2N=C(N)C(C)(C)C2C=C1. The highest BCUT2D eigenvalue weighted by atomic mass is 15.0. The lowest BCUT2D eigenvalue weighted by Crippen LogP contribution is -2.35. The van der Waals surface area contributed by atoms with E-state index in [2.05, 4.69) is 44.0 Å². The van der Waals surface area contributed by atoms with Crippen LogP contribution in [0.5, 0.6) is 0 Å². The summed E-state index contributed by atoms with van der Waals surface area (Å²) in [4.78, 5) is 4.48. The maximum absolute atomic E-state index is 5.90. The molecule has 1 aliphatic carbocycles. The summed E-state index contributed by atoms with van der Waals surface area (Å²) in [5.41, 5.74) is 7.22. The zero-order valence-corrected chi connectivity index (χ0v) is 8.41. The molecule has 0 saturated heterocycles. The van der Waals surface area contributed by atoms with Gasteiger partial charge >= 0.3 is 0 Å². The van der Waals surface area contributed by atoms with Crippen LogP contribution in [-0.2, 0) is 0 Å². The Kier molecular flexibility index (Phi) is 1.62. The summed E-state index contributed by atoms with van der Waals surface area (Å²) >= 11 is 0. The molecule has 2 heteroatoms. The van der Waals surface area contributed by atoms with Crippen molar-refractivity contribution in [3.8, 4) is 0 Å². The van der Waals surface area contributed by atoms with Crippen LogP contribution in [-0.4, -0.2) is 11.9 Å². The Balaban J connectivity index is 2.38. The molecule has 0 aromatic rings. The summed E-state index contributed by atoms with van der Waals surface area (Å²) in [6.07, 6.45) is 6.60. The standard InChI is InChI=1S/C11H16N2/c1-7-4-5-8-9(6-7)13-10(12)11(8,2)3/h4-6,8-9H,1-3H3,(H2,12,13). The Hall–Kier alpha value is -1.05. The number of nitrogens with zero attached hydrogens (tertiary/aromatic N) is 1. The Labute approximate surface area is 79.2 Å². The lowest BCUT2D eigenvalue weighted by atomic mass is 9.75. The number of hydrogen-bond donors (Lipinski definition) is 1. The Morgan fingerprint density at radius 3 is 2.85 bits per heavy atom. The molecule has 70 valence electrons. The molecule has 0 spiro atoms. The number of nitrogens with two attached hydrogens (primary N) is 1. The molecule has 0 fully saturated rings. The smallest absolute Gasteiger partial charge is 0.101 e. The monoisotopic (exact) mass is 176 g/mol. The van der Waals surface area contributed by atoms with E-state index in [9.17, 15) is 0 Å². The molecule has 2 N–H and O–H groups in total. The van der Waals surface area contributed by atoms with Crippen molar-refractivity contribution in [3.05, 3.63) is 23.8 Å². The van der Waals surface area contributed by atoms with Crippen molar-refractivity contribution in [1.29, 1.82) is 0 Å². The average molecular weight is 176 g/mol. The number of hydrogen-bond acceptors (Lipinski definition) is 2. The second kappa shape index (κ2) is 2.47. The molecule has 2 rings (SSSR count). The molecule has 0 saturated carbocycles. The highest BCUT2D eigenvalue weighted by Crippen LogP contribution is 2.40. The Bertz CT molecular complexity index is 321. The number of rotatable bonds is 0. The molecule has 2 nitrogen and oxygen atoms in total. The highest BCUT2D eigenvalue weighted by molar-refractivity contribution is 5.89. The van der Waals surface area contributed by atoms with E-state index < -0.39 is 0 Å². The molecule has 13 heavy (non-hydrogen) atoms. The highest BCUT2D eigenvalue weighted by Gasteiger charge is 2.42. The molecular weight excluding hydrogens is 160 g/mol. The van der Waals surface area contributed by atoms with Gasteiger partial charge in [0.15, 0.2) is 0 Å². The second-order valence-electron chi connectivity index (χ2n) is 4.52. The number of fused-ring (bicyclic) bond motifs is 1. The molecule has 0 aromatic carbocycles. The molecule has 2 aliphatic rings. The molecule has 0 aromatic heterocycles. The van der Waals surface area contributed by atoms with Crippen molar-refractivity contribution in [2.45, 2.75) is 26.8 Å². The summed E-state index contributed by atoms with van der Waals surface area (Å²) < 4.78 is 0. The molecule has 1 aliphatic heterocycles. The van der Waals surface area contributed by atoms with Crippen molar-refractivity contribution in [1.82, 2.24) is 0 Å². The fraction of sp³-hybridized carbons (Fsp3) is 0.545. The zero-order chi connectivity index (χ0) is 9.64. The van der Waals surface area contributed by atoms with Crippen molar-refractivity contribution >= 4 is 5.84 Å². The van der Waals surface area contributed by atoms with Crippen molar-refractivity contribution in [3.63, 3.8) is 0 Å². The molecule has 2 unspecified atom stereocenters. The van der Waals surface area contributed by atoms with Crippen LogP contribution in [0.15, 0.2) is 28.8 Å². The van der Waals surface area contributed by atoms with Crippen LogP contribution in [0.2, 0.25) is 0 Å². The van der Waals surface area contributed by atoms with Gasteiger partial charge in [0.25, 0.3) is 0 Å². The van der Waals surface area contributed by atoms with Gasteiger partial charge in [-0.05, 0) is 6.92 Å². The van der Waals surface area contributed by atoms with Gasteiger partial charge in [-0.2, -0.15) is 0 Å². The summed E-state index contributed by atoms with van der Waals surface area (Å²) in [5.74, 6) is 1.24. The quantitative estimate of drug-likeness (QED) is 0.601. The van der Waals surface area contributed by atoms with E-state index in [1.54, 1.807) is 0 Å². The van der Waals surface area contributed by atoms with Crippen LogP contribution in [0.25, 0.3) is 0 Å². The van der Waals surface area contributed by atoms with E-state index in [4.69, 9.17) is 5.73 Å². The summed E-state index contributed by atoms with van der Waals surface area (Å²) in [6, 6.07) is 0.278. The Morgan fingerprint density at radius 2 is 2.15 bits per heavy atom. The van der Waals surface area contributed by atoms with Crippen LogP contribution in [0.4, 0.5) is 0 Å². The van der Waals surface area contributed by atoms with Crippen LogP contribution < -0.4 is 5.73 Å². The third kappa shape index (κ3) is 1.12. The van der Waals surface area contributed by atoms with Gasteiger partial charge in [0.05, 0.1) is 6.04 Å². The molecule has 0 bridgehead atoms. The van der Waals surface area contributed by atoms with Crippen molar-refractivity contribution < 1.29 is 0 Å². The van der Waals surface area contributed by atoms with E-state index in [0.29, 0.717) is 5.92 Å². The van der Waals surface area contributed by atoms with E-state index >= 15 is 0 Å². The fourth-order valence-corrected chi connectivity index (χ4v) is 2.08. The molecular formula is C11H16N2. The van der Waals surface area contributed by atoms with Gasteiger partial charge in [0.2, 0.25) is 0 Å². The van der Waals surface area contributed by atoms with Crippen LogP contribution in [0, 0.1) is 11.3 Å². The first-order chi connectivity index (χ1) is 6.01. The Morgan fingerprint density at radius 1 is 1.46 bits per heavy atom. The second-order valence-corrected chi connectivity index (χ2v) is 4.52. The van der Waals surface area contributed by atoms with Gasteiger partial charge < -0.3 is 5.73 Å². The lowest BCUT2D eigenvalue weighted by molar-refractivity contribution is 0.378. The van der Waals surface area contributed by atoms with E-state index in [0.717, 1.165) is 5.84 Å². The predicted octanol–water partition coefficient (Wildman–Crippen LogP) is 1.88. The third-order valence-corrected chi connectivity index (χ3v) is 3.15. The minimum absolute atomic E-state index is 0.0262. The summed E-state index contributed by atoms with van der Waals surface area (Å²) in [7, 11) is 0. The average Bonchev–Trinajstić information content (AvgIpc) is 2.23. The van der Waals surface area contributed by atoms with Crippen molar-refractivity contribution in [2.75, 3.05) is 0 Å². The maximum atomic E-state index is 5.90. The largest absolute Gasteiger partial charge is 0.387 e. The van der Waals surface area contributed by atoms with Gasteiger partial charge in [0, 0.05) is 11.3 Å². The van der Waals surface area contributed by atoms with Crippen molar-refractivity contribution in [2.24, 2.45) is 22.1 Å². The first-order valence-corrected chi connectivity index (χ1v) is 4.72. The van der Waals surface area contributed by atoms with E-state index in [1.165, 1.54) is 5.57 Å². The number of amidine groups is 1. The normalized spacial score (nSPS) is 35.3. The van der Waals surface area contributed by atoms with E-state index in [1.807, 2.05) is 0 Å². The molecule has 1 heterocycles. The van der Waals surface area contributed by atoms with Crippen LogP contribution in [0.1, 0.15) is 20.8 Å². The van der Waals surface area contributed by atoms with Gasteiger partial charge in [-0.15, -0.1) is 0 Å². The molecule has 2 atom stereocenters. The topological polar surface area (TPSA) is 38.4 Å². The lowest BCUT2D eigenvalue weighted by Gasteiger charge is -2.28.